The van der Waals surface area contributed by atoms with E-state index in [1.165, 1.54) is 12.1 Å². The summed E-state index contributed by atoms with van der Waals surface area (Å²) in [7, 11) is 1.73. The molecule has 4 heteroatoms. The van der Waals surface area contributed by atoms with Crippen molar-refractivity contribution in [3.05, 3.63) is 58.8 Å². The molecule has 3 nitrogen and oxygen atoms in total. The minimum Gasteiger partial charge on any atom is -0.466 e. The van der Waals surface area contributed by atoms with E-state index in [0.717, 1.165) is 5.56 Å². The summed E-state index contributed by atoms with van der Waals surface area (Å²) in [6.45, 7) is 5.50. The minimum atomic E-state index is -0.281. The molecule has 0 aliphatic rings. The molecule has 20 heavy (non-hydrogen) atoms. The van der Waals surface area contributed by atoms with Crippen LogP contribution in [0.3, 0.4) is 0 Å². The third kappa shape index (κ3) is 2.74. The Bertz CT molecular complexity index is 616. The van der Waals surface area contributed by atoms with Gasteiger partial charge in [-0.1, -0.05) is 12.1 Å². The number of carbonyl (C=O) groups excluding carboxylic acids is 1. The quantitative estimate of drug-likeness (QED) is 0.852. The van der Waals surface area contributed by atoms with E-state index >= 15 is 0 Å². The third-order valence-electron chi connectivity index (χ3n) is 3.53. The number of hydrogen-bond acceptors (Lipinski definition) is 2. The lowest BCUT2D eigenvalue weighted by atomic mass is 10.1. The van der Waals surface area contributed by atoms with Gasteiger partial charge in [0.25, 0.3) is 5.91 Å². The molecule has 0 fully saturated rings. The summed E-state index contributed by atoms with van der Waals surface area (Å²) < 4.78 is 18.3. The number of amides is 1. The average molecular weight is 275 g/mol. The Morgan fingerprint density at radius 3 is 2.35 bits per heavy atom. The summed E-state index contributed by atoms with van der Waals surface area (Å²) in [5, 5.41) is 0. The topological polar surface area (TPSA) is 33.5 Å². The highest BCUT2D eigenvalue weighted by molar-refractivity contribution is 5.95. The lowest BCUT2D eigenvalue weighted by molar-refractivity contribution is 0.0741. The van der Waals surface area contributed by atoms with Crippen LogP contribution in [-0.2, 0) is 0 Å². The van der Waals surface area contributed by atoms with Crippen molar-refractivity contribution in [2.45, 2.75) is 26.8 Å². The van der Waals surface area contributed by atoms with Crippen LogP contribution in [0.5, 0.6) is 0 Å². The molecule has 1 aromatic carbocycles. The van der Waals surface area contributed by atoms with Gasteiger partial charge >= 0.3 is 0 Å². The van der Waals surface area contributed by atoms with E-state index in [2.05, 4.69) is 0 Å². The maximum Gasteiger partial charge on any atom is 0.257 e. The molecular formula is C16H18FNO2. The summed E-state index contributed by atoms with van der Waals surface area (Å²) in [5.74, 6) is 0.951. The van der Waals surface area contributed by atoms with Crippen molar-refractivity contribution < 1.29 is 13.6 Å². The van der Waals surface area contributed by atoms with Gasteiger partial charge in [0, 0.05) is 7.05 Å². The molecule has 0 radical (unpaired) electrons. The smallest absolute Gasteiger partial charge is 0.257 e. The Hall–Kier alpha value is -2.10. The first kappa shape index (κ1) is 14.3. The fourth-order valence-corrected chi connectivity index (χ4v) is 2.17. The number of aryl methyl sites for hydroxylation is 2. The lowest BCUT2D eigenvalue weighted by Gasteiger charge is -2.25. The van der Waals surface area contributed by atoms with Crippen LogP contribution in [0.15, 0.2) is 34.7 Å². The van der Waals surface area contributed by atoms with Gasteiger partial charge in [0.1, 0.15) is 17.3 Å². The second-order valence-electron chi connectivity index (χ2n) is 4.97. The summed E-state index contributed by atoms with van der Waals surface area (Å²) in [5.41, 5.74) is 1.46. The van der Waals surface area contributed by atoms with Gasteiger partial charge in [0.15, 0.2) is 0 Å². The second-order valence-corrected chi connectivity index (χ2v) is 4.97. The van der Waals surface area contributed by atoms with Crippen molar-refractivity contribution in [1.82, 2.24) is 4.90 Å². The molecule has 106 valence electrons. The van der Waals surface area contributed by atoms with E-state index in [-0.39, 0.29) is 17.8 Å². The van der Waals surface area contributed by atoms with Crippen molar-refractivity contribution in [3.63, 3.8) is 0 Å². The molecule has 0 saturated heterocycles. The van der Waals surface area contributed by atoms with Crippen LogP contribution >= 0.6 is 0 Å². The Morgan fingerprint density at radius 1 is 1.25 bits per heavy atom. The Morgan fingerprint density at radius 2 is 1.85 bits per heavy atom. The standard InChI is InChI=1S/C16H18FNO2/c1-10-9-15(12(3)20-10)16(19)18(4)11(2)13-5-7-14(17)8-6-13/h5-9,11H,1-4H3. The summed E-state index contributed by atoms with van der Waals surface area (Å²) in [4.78, 5) is 14.1. The molecule has 2 aromatic rings. The molecule has 1 heterocycles. The molecule has 2 rings (SSSR count). The predicted octanol–water partition coefficient (Wildman–Crippen LogP) is 3.87. The van der Waals surface area contributed by atoms with Gasteiger partial charge in [-0.25, -0.2) is 4.39 Å². The second kappa shape index (κ2) is 5.49. The fourth-order valence-electron chi connectivity index (χ4n) is 2.17. The van der Waals surface area contributed by atoms with Crippen LogP contribution in [-0.4, -0.2) is 17.9 Å². The molecule has 0 aliphatic carbocycles. The Labute approximate surface area is 118 Å². The number of furan rings is 1. The van der Waals surface area contributed by atoms with Crippen LogP contribution in [0, 0.1) is 19.7 Å². The van der Waals surface area contributed by atoms with Crippen LogP contribution in [0.1, 0.15) is 40.4 Å². The van der Waals surface area contributed by atoms with Gasteiger partial charge in [-0.05, 0) is 44.5 Å². The molecule has 0 spiro atoms. The van der Waals surface area contributed by atoms with Crippen LogP contribution in [0.4, 0.5) is 4.39 Å². The van der Waals surface area contributed by atoms with Crippen molar-refractivity contribution in [2.24, 2.45) is 0 Å². The number of rotatable bonds is 3. The van der Waals surface area contributed by atoms with Crippen LogP contribution in [0.2, 0.25) is 0 Å². The van der Waals surface area contributed by atoms with E-state index in [4.69, 9.17) is 4.42 Å². The summed E-state index contributed by atoms with van der Waals surface area (Å²) in [6.07, 6.45) is 0. The molecule has 1 unspecified atom stereocenters. The largest absolute Gasteiger partial charge is 0.466 e. The van der Waals surface area contributed by atoms with E-state index in [0.29, 0.717) is 17.1 Å². The highest BCUT2D eigenvalue weighted by Gasteiger charge is 2.22. The zero-order valence-corrected chi connectivity index (χ0v) is 12.1. The van der Waals surface area contributed by atoms with Crippen LogP contribution in [0.25, 0.3) is 0 Å². The first-order chi connectivity index (χ1) is 9.40. The predicted molar refractivity (Wildman–Crippen MR) is 75.1 cm³/mol. The number of carbonyl (C=O) groups is 1. The number of hydrogen-bond donors (Lipinski definition) is 0. The molecule has 1 aromatic heterocycles. The van der Waals surface area contributed by atoms with Crippen molar-refractivity contribution in [1.29, 1.82) is 0 Å². The number of nitrogens with zero attached hydrogens (tertiary/aromatic N) is 1. The van der Waals surface area contributed by atoms with Gasteiger partial charge in [-0.15, -0.1) is 0 Å². The third-order valence-corrected chi connectivity index (χ3v) is 3.53. The fraction of sp³-hybridized carbons (Fsp3) is 0.312. The van der Waals surface area contributed by atoms with Gasteiger partial charge in [0.2, 0.25) is 0 Å². The van der Waals surface area contributed by atoms with Crippen LogP contribution < -0.4 is 0 Å². The molecule has 0 bridgehead atoms. The number of halogens is 1. The maximum atomic E-state index is 12.9. The van der Waals surface area contributed by atoms with Gasteiger partial charge < -0.3 is 9.32 Å². The zero-order chi connectivity index (χ0) is 14.9. The Balaban J connectivity index is 2.22. The van der Waals surface area contributed by atoms with Gasteiger partial charge in [0.05, 0.1) is 11.6 Å². The molecule has 1 amide bonds. The molecular weight excluding hydrogens is 257 g/mol. The zero-order valence-electron chi connectivity index (χ0n) is 12.1. The normalized spacial score (nSPS) is 12.2. The highest BCUT2D eigenvalue weighted by Crippen LogP contribution is 2.23. The SMILES string of the molecule is Cc1cc(C(=O)N(C)C(C)c2ccc(F)cc2)c(C)o1. The van der Waals surface area contributed by atoms with Crippen molar-refractivity contribution in [2.75, 3.05) is 7.05 Å². The van der Waals surface area contributed by atoms with Gasteiger partial charge in [-0.3, -0.25) is 4.79 Å². The molecule has 0 aliphatic heterocycles. The monoisotopic (exact) mass is 275 g/mol. The average Bonchev–Trinajstić information content (AvgIpc) is 2.76. The maximum absolute atomic E-state index is 12.9. The first-order valence-corrected chi connectivity index (χ1v) is 6.50. The Kier molecular flexibility index (Phi) is 3.93. The first-order valence-electron chi connectivity index (χ1n) is 6.50. The summed E-state index contributed by atoms with van der Waals surface area (Å²) >= 11 is 0. The minimum absolute atomic E-state index is 0.101. The molecule has 0 N–H and O–H groups in total. The highest BCUT2D eigenvalue weighted by atomic mass is 19.1. The molecule has 0 saturated carbocycles. The van der Waals surface area contributed by atoms with E-state index in [9.17, 15) is 9.18 Å². The van der Waals surface area contributed by atoms with Crippen molar-refractivity contribution in [3.8, 4) is 0 Å². The van der Waals surface area contributed by atoms with Crippen molar-refractivity contribution >= 4 is 5.91 Å². The molecule has 1 atom stereocenters. The van der Waals surface area contributed by atoms with E-state index in [1.54, 1.807) is 37.1 Å². The lowest BCUT2D eigenvalue weighted by Crippen LogP contribution is -2.29. The van der Waals surface area contributed by atoms with Gasteiger partial charge in [-0.2, -0.15) is 0 Å². The van der Waals surface area contributed by atoms with E-state index < -0.39 is 0 Å². The summed E-state index contributed by atoms with van der Waals surface area (Å²) in [6, 6.07) is 7.78. The van der Waals surface area contributed by atoms with E-state index in [1.807, 2.05) is 13.8 Å². The number of benzene rings is 1.